The summed E-state index contributed by atoms with van der Waals surface area (Å²) in [5.41, 5.74) is 0.528. The van der Waals surface area contributed by atoms with Gasteiger partial charge in [0, 0.05) is 6.54 Å². The molecule has 1 atom stereocenters. The number of amides is 1. The summed E-state index contributed by atoms with van der Waals surface area (Å²) in [6.45, 7) is 2.65. The fourth-order valence-electron chi connectivity index (χ4n) is 3.58. The van der Waals surface area contributed by atoms with Crippen molar-refractivity contribution < 1.29 is 9.18 Å². The lowest BCUT2D eigenvalue weighted by Gasteiger charge is -2.31. The van der Waals surface area contributed by atoms with Crippen LogP contribution < -0.4 is 5.32 Å². The third kappa shape index (κ3) is 2.50. The maximum absolute atomic E-state index is 13.4. The summed E-state index contributed by atoms with van der Waals surface area (Å²) in [4.78, 5) is 14.7. The second-order valence-electron chi connectivity index (χ2n) is 5.95. The van der Waals surface area contributed by atoms with Gasteiger partial charge in [-0.05, 0) is 53.4 Å². The summed E-state index contributed by atoms with van der Waals surface area (Å²) in [5, 5.41) is 3.55. The van der Waals surface area contributed by atoms with Gasteiger partial charge in [0.05, 0.1) is 10.0 Å². The molecule has 1 unspecified atom stereocenters. The molecule has 0 radical (unpaired) electrons. The molecule has 1 aromatic carbocycles. The largest absolute Gasteiger partial charge is 0.322 e. The van der Waals surface area contributed by atoms with Crippen molar-refractivity contribution in [2.45, 2.75) is 50.7 Å². The number of likely N-dealkylation sites (N-methyl/N-ethyl adjacent to an activating group) is 1. The Bertz CT molecular complexity index is 557. The highest BCUT2D eigenvalue weighted by Gasteiger charge is 2.51. The van der Waals surface area contributed by atoms with Gasteiger partial charge in [-0.25, -0.2) is 4.39 Å². The van der Waals surface area contributed by atoms with Crippen LogP contribution in [-0.2, 0) is 4.79 Å². The van der Waals surface area contributed by atoms with Gasteiger partial charge in [-0.3, -0.25) is 10.1 Å². The summed E-state index contributed by atoms with van der Waals surface area (Å²) in [5.74, 6) is -0.0753. The second kappa shape index (κ2) is 5.69. The van der Waals surface area contributed by atoms with Gasteiger partial charge in [0.2, 0.25) is 5.91 Å². The van der Waals surface area contributed by atoms with Crippen LogP contribution in [0.2, 0.25) is 0 Å². The van der Waals surface area contributed by atoms with Crippen molar-refractivity contribution in [1.29, 1.82) is 0 Å². The molecule has 2 fully saturated rings. The van der Waals surface area contributed by atoms with E-state index in [0.29, 0.717) is 11.0 Å². The summed E-state index contributed by atoms with van der Waals surface area (Å²) in [7, 11) is 0. The normalized spacial score (nSPS) is 24.8. The number of benzene rings is 1. The minimum atomic E-state index is -0.403. The molecular formula is C16H20BrFN2O. The van der Waals surface area contributed by atoms with Gasteiger partial charge in [0.25, 0.3) is 0 Å². The Morgan fingerprint density at radius 1 is 1.38 bits per heavy atom. The predicted octanol–water partition coefficient (Wildman–Crippen LogP) is 3.74. The topological polar surface area (TPSA) is 32.3 Å². The van der Waals surface area contributed by atoms with Gasteiger partial charge in [-0.1, -0.05) is 25.3 Å². The Morgan fingerprint density at radius 2 is 2.10 bits per heavy atom. The number of hydrogen-bond donors (Lipinski definition) is 1. The molecule has 1 N–H and O–H groups in total. The molecule has 21 heavy (non-hydrogen) atoms. The zero-order chi connectivity index (χ0) is 15.0. The molecule has 0 bridgehead atoms. The average molecular weight is 355 g/mol. The van der Waals surface area contributed by atoms with Gasteiger partial charge in [0.15, 0.2) is 0 Å². The molecular weight excluding hydrogens is 335 g/mol. The Labute approximate surface area is 133 Å². The summed E-state index contributed by atoms with van der Waals surface area (Å²) < 4.78 is 13.9. The molecule has 1 aliphatic carbocycles. The van der Waals surface area contributed by atoms with E-state index in [4.69, 9.17) is 0 Å². The van der Waals surface area contributed by atoms with Crippen LogP contribution in [0, 0.1) is 5.82 Å². The zero-order valence-electron chi connectivity index (χ0n) is 12.2. The van der Waals surface area contributed by atoms with E-state index >= 15 is 0 Å². The molecule has 1 heterocycles. The number of nitrogens with zero attached hydrogens (tertiary/aromatic N) is 1. The molecule has 1 aromatic rings. The minimum absolute atomic E-state index is 0.155. The van der Waals surface area contributed by atoms with Crippen molar-refractivity contribution >= 4 is 21.8 Å². The fraction of sp³-hybridized carbons (Fsp3) is 0.562. The SMILES string of the molecule is CCN1C(=O)C2(CCCCC2)NC1c1ccc(F)c(Br)c1. The highest BCUT2D eigenvalue weighted by atomic mass is 79.9. The van der Waals surface area contributed by atoms with Crippen LogP contribution in [0.3, 0.4) is 0 Å². The van der Waals surface area contributed by atoms with E-state index < -0.39 is 5.54 Å². The van der Waals surface area contributed by atoms with E-state index in [-0.39, 0.29) is 17.9 Å². The highest BCUT2D eigenvalue weighted by molar-refractivity contribution is 9.10. The molecule has 2 aliphatic rings. The molecule has 0 aromatic heterocycles. The first kappa shape index (κ1) is 15.0. The minimum Gasteiger partial charge on any atom is -0.322 e. The fourth-order valence-corrected chi connectivity index (χ4v) is 3.98. The van der Waals surface area contributed by atoms with Crippen LogP contribution in [-0.4, -0.2) is 22.9 Å². The van der Waals surface area contributed by atoms with Gasteiger partial charge in [0.1, 0.15) is 12.0 Å². The number of halogens is 2. The Hall–Kier alpha value is -0.940. The number of hydrogen-bond acceptors (Lipinski definition) is 2. The Morgan fingerprint density at radius 3 is 2.71 bits per heavy atom. The third-order valence-corrected chi connectivity index (χ3v) is 5.31. The maximum atomic E-state index is 13.4. The van der Waals surface area contributed by atoms with Crippen molar-refractivity contribution in [3.05, 3.63) is 34.1 Å². The van der Waals surface area contributed by atoms with E-state index in [1.54, 1.807) is 12.1 Å². The molecule has 1 aliphatic heterocycles. The number of rotatable bonds is 2. The van der Waals surface area contributed by atoms with E-state index in [1.807, 2.05) is 11.8 Å². The van der Waals surface area contributed by atoms with Crippen LogP contribution in [0.4, 0.5) is 4.39 Å². The third-order valence-electron chi connectivity index (χ3n) is 4.70. The average Bonchev–Trinajstić information content (AvgIpc) is 2.76. The van der Waals surface area contributed by atoms with Crippen molar-refractivity contribution in [1.82, 2.24) is 10.2 Å². The Kier molecular flexibility index (Phi) is 4.06. The number of nitrogens with one attached hydrogen (secondary N) is 1. The number of carbonyl (C=O) groups excluding carboxylic acids is 1. The van der Waals surface area contributed by atoms with Gasteiger partial charge in [-0.15, -0.1) is 0 Å². The van der Waals surface area contributed by atoms with E-state index in [9.17, 15) is 9.18 Å². The van der Waals surface area contributed by atoms with Gasteiger partial charge < -0.3 is 4.90 Å². The van der Waals surface area contributed by atoms with Crippen LogP contribution in [0.25, 0.3) is 0 Å². The lowest BCUT2D eigenvalue weighted by atomic mass is 9.81. The van der Waals surface area contributed by atoms with Crippen molar-refractivity contribution in [3.63, 3.8) is 0 Å². The maximum Gasteiger partial charge on any atom is 0.244 e. The lowest BCUT2D eigenvalue weighted by Crippen LogP contribution is -2.48. The number of carbonyl (C=O) groups is 1. The summed E-state index contributed by atoms with van der Waals surface area (Å²) >= 11 is 3.23. The molecule has 1 saturated heterocycles. The van der Waals surface area contributed by atoms with Crippen molar-refractivity contribution in [2.24, 2.45) is 0 Å². The van der Waals surface area contributed by atoms with Gasteiger partial charge >= 0.3 is 0 Å². The van der Waals surface area contributed by atoms with Crippen LogP contribution in [0.1, 0.15) is 50.8 Å². The van der Waals surface area contributed by atoms with Crippen LogP contribution >= 0.6 is 15.9 Å². The first-order valence-electron chi connectivity index (χ1n) is 7.61. The van der Waals surface area contributed by atoms with Crippen molar-refractivity contribution in [3.8, 4) is 0 Å². The first-order valence-corrected chi connectivity index (χ1v) is 8.40. The van der Waals surface area contributed by atoms with Crippen LogP contribution in [0.15, 0.2) is 22.7 Å². The van der Waals surface area contributed by atoms with Crippen LogP contribution in [0.5, 0.6) is 0 Å². The lowest BCUT2D eigenvalue weighted by molar-refractivity contribution is -0.134. The second-order valence-corrected chi connectivity index (χ2v) is 6.81. The van der Waals surface area contributed by atoms with E-state index in [0.717, 1.165) is 31.2 Å². The molecule has 3 rings (SSSR count). The molecule has 3 nitrogen and oxygen atoms in total. The highest BCUT2D eigenvalue weighted by Crippen LogP contribution is 2.40. The van der Waals surface area contributed by atoms with E-state index in [1.165, 1.54) is 12.5 Å². The molecule has 1 saturated carbocycles. The first-order chi connectivity index (χ1) is 10.1. The van der Waals surface area contributed by atoms with Crippen molar-refractivity contribution in [2.75, 3.05) is 6.54 Å². The molecule has 114 valence electrons. The summed E-state index contributed by atoms with van der Waals surface area (Å²) in [6, 6.07) is 4.98. The predicted molar refractivity (Wildman–Crippen MR) is 83.2 cm³/mol. The molecule has 1 amide bonds. The molecule has 1 spiro atoms. The molecule has 5 heteroatoms. The zero-order valence-corrected chi connectivity index (χ0v) is 13.7. The summed E-state index contributed by atoms with van der Waals surface area (Å²) in [6.07, 6.45) is 5.04. The van der Waals surface area contributed by atoms with Gasteiger partial charge in [-0.2, -0.15) is 0 Å². The quantitative estimate of drug-likeness (QED) is 0.877. The smallest absolute Gasteiger partial charge is 0.244 e. The monoisotopic (exact) mass is 354 g/mol. The standard InChI is InChI=1S/C16H20BrFN2O/c1-2-20-14(11-6-7-13(18)12(17)10-11)19-16(15(20)21)8-4-3-5-9-16/h6-7,10,14,19H,2-5,8-9H2,1H3. The van der Waals surface area contributed by atoms with E-state index in [2.05, 4.69) is 21.2 Å². The Balaban J connectivity index is 1.94.